The molecule has 0 saturated carbocycles. The first-order valence-corrected chi connectivity index (χ1v) is 15.2. The molecular formula is C29H36N3O9P. The Bertz CT molecular complexity index is 1480. The summed E-state index contributed by atoms with van der Waals surface area (Å²) in [7, 11) is -4.03. The number of rotatable bonds is 14. The monoisotopic (exact) mass is 601 g/mol. The second-order valence-corrected chi connectivity index (χ2v) is 11.9. The van der Waals surface area contributed by atoms with Crippen molar-refractivity contribution in [3.8, 4) is 5.75 Å². The fourth-order valence-corrected chi connectivity index (χ4v) is 5.70. The minimum absolute atomic E-state index is 0.143. The van der Waals surface area contributed by atoms with Crippen LogP contribution < -0.4 is 20.9 Å². The highest BCUT2D eigenvalue weighted by Crippen LogP contribution is 2.45. The van der Waals surface area contributed by atoms with Crippen molar-refractivity contribution in [3.63, 3.8) is 0 Å². The van der Waals surface area contributed by atoms with E-state index >= 15 is 0 Å². The standard InChI is InChI=1S/C29H36N3O9P/c1-21(2)39-27(34)17-30-42(36,41-24-12-8-5-9-13-24)38-19-25-16-22(3)28(40-25)31-15-14-26(33)32(29(31)35)20-37-18-23-10-6-4-7-11-23/h4-15,21-22,25,28H,16-20H2,1-3H3,(H,30,36)/t22-,25-,28+,42?/m0/s1. The molecule has 4 atom stereocenters. The number of ether oxygens (including phenoxy) is 3. The molecule has 226 valence electrons. The summed E-state index contributed by atoms with van der Waals surface area (Å²) in [5, 5.41) is 2.56. The van der Waals surface area contributed by atoms with E-state index in [-0.39, 0.29) is 37.7 Å². The van der Waals surface area contributed by atoms with Crippen LogP contribution in [0.25, 0.3) is 0 Å². The van der Waals surface area contributed by atoms with Crippen molar-refractivity contribution in [1.82, 2.24) is 14.2 Å². The summed E-state index contributed by atoms with van der Waals surface area (Å²) in [6, 6.07) is 19.1. The molecule has 2 aromatic carbocycles. The zero-order valence-corrected chi connectivity index (χ0v) is 24.7. The number of esters is 1. The summed E-state index contributed by atoms with van der Waals surface area (Å²) in [6.45, 7) is 4.80. The average Bonchev–Trinajstić information content (AvgIpc) is 3.33. The van der Waals surface area contributed by atoms with E-state index in [1.165, 1.54) is 16.8 Å². The highest BCUT2D eigenvalue weighted by atomic mass is 31.2. The molecule has 1 fully saturated rings. The number of carbonyl (C=O) groups excluding carboxylic acids is 1. The van der Waals surface area contributed by atoms with Crippen LogP contribution in [0, 0.1) is 5.92 Å². The number of aromatic nitrogens is 2. The Kier molecular flexibility index (Phi) is 10.9. The smallest absolute Gasteiger partial charge is 0.459 e. The number of hydrogen-bond acceptors (Lipinski definition) is 9. The molecule has 1 aliphatic rings. The highest BCUT2D eigenvalue weighted by Gasteiger charge is 2.37. The summed E-state index contributed by atoms with van der Waals surface area (Å²) in [6.07, 6.45) is 0.280. The maximum atomic E-state index is 13.6. The molecule has 2 heterocycles. The number of para-hydroxylation sites is 1. The topological polar surface area (TPSA) is 136 Å². The Morgan fingerprint density at radius 2 is 1.76 bits per heavy atom. The van der Waals surface area contributed by atoms with Crippen molar-refractivity contribution in [3.05, 3.63) is 99.3 Å². The Morgan fingerprint density at radius 1 is 1.07 bits per heavy atom. The van der Waals surface area contributed by atoms with Gasteiger partial charge in [0.25, 0.3) is 5.56 Å². The van der Waals surface area contributed by atoms with Crippen LogP contribution >= 0.6 is 7.75 Å². The van der Waals surface area contributed by atoms with Gasteiger partial charge in [0, 0.05) is 18.2 Å². The Labute approximate surface area is 243 Å². The molecule has 1 aromatic heterocycles. The quantitative estimate of drug-likeness (QED) is 0.214. The van der Waals surface area contributed by atoms with E-state index in [4.69, 9.17) is 23.3 Å². The third kappa shape index (κ3) is 8.73. The molecule has 13 heteroatoms. The van der Waals surface area contributed by atoms with Gasteiger partial charge in [-0.05, 0) is 38.0 Å². The van der Waals surface area contributed by atoms with Crippen LogP contribution in [-0.2, 0) is 41.4 Å². The number of nitrogens with zero attached hydrogens (tertiary/aromatic N) is 2. The largest absolute Gasteiger partial charge is 0.462 e. The first kappa shape index (κ1) is 31.4. The Balaban J connectivity index is 1.41. The van der Waals surface area contributed by atoms with Gasteiger partial charge >= 0.3 is 19.4 Å². The predicted molar refractivity (Wildman–Crippen MR) is 154 cm³/mol. The van der Waals surface area contributed by atoms with E-state index in [0.29, 0.717) is 6.42 Å². The molecule has 0 bridgehead atoms. The normalized spacial score (nSPS) is 19.9. The molecule has 1 aliphatic heterocycles. The number of carbonyl (C=O) groups is 1. The zero-order valence-electron chi connectivity index (χ0n) is 23.8. The van der Waals surface area contributed by atoms with E-state index in [0.717, 1.165) is 10.1 Å². The molecule has 42 heavy (non-hydrogen) atoms. The van der Waals surface area contributed by atoms with Crippen LogP contribution in [0.15, 0.2) is 82.5 Å². The van der Waals surface area contributed by atoms with Crippen LogP contribution in [0.5, 0.6) is 5.75 Å². The van der Waals surface area contributed by atoms with Crippen LogP contribution in [-0.4, -0.2) is 40.5 Å². The van der Waals surface area contributed by atoms with Gasteiger partial charge in [-0.2, -0.15) is 0 Å². The van der Waals surface area contributed by atoms with E-state index in [1.807, 2.05) is 37.3 Å². The van der Waals surface area contributed by atoms with E-state index in [2.05, 4.69) is 5.09 Å². The lowest BCUT2D eigenvalue weighted by Crippen LogP contribution is -2.41. The summed E-state index contributed by atoms with van der Waals surface area (Å²) >= 11 is 0. The van der Waals surface area contributed by atoms with Gasteiger partial charge in [0.05, 0.1) is 25.4 Å². The third-order valence-corrected chi connectivity index (χ3v) is 7.82. The summed E-state index contributed by atoms with van der Waals surface area (Å²) in [5.74, 6) is -0.470. The molecule has 1 saturated heterocycles. The average molecular weight is 602 g/mol. The van der Waals surface area contributed by atoms with E-state index in [1.54, 1.807) is 44.2 Å². The van der Waals surface area contributed by atoms with E-state index in [9.17, 15) is 18.9 Å². The zero-order chi connectivity index (χ0) is 30.1. The van der Waals surface area contributed by atoms with Crippen LogP contribution in [0.2, 0.25) is 0 Å². The van der Waals surface area contributed by atoms with E-state index < -0.39 is 43.8 Å². The van der Waals surface area contributed by atoms with Crippen molar-refractivity contribution in [2.45, 2.75) is 59.0 Å². The maximum absolute atomic E-state index is 13.6. The number of nitrogens with one attached hydrogen (secondary N) is 1. The first-order chi connectivity index (χ1) is 20.1. The van der Waals surface area contributed by atoms with Gasteiger partial charge in [0.15, 0.2) is 0 Å². The van der Waals surface area contributed by atoms with Crippen LogP contribution in [0.1, 0.15) is 39.0 Å². The second-order valence-electron chi connectivity index (χ2n) is 10.2. The Hall–Kier alpha value is -3.54. The predicted octanol–water partition coefficient (Wildman–Crippen LogP) is 3.85. The van der Waals surface area contributed by atoms with Gasteiger partial charge in [-0.25, -0.2) is 19.0 Å². The highest BCUT2D eigenvalue weighted by molar-refractivity contribution is 7.52. The van der Waals surface area contributed by atoms with Crippen molar-refractivity contribution < 1.29 is 32.6 Å². The fourth-order valence-electron chi connectivity index (χ4n) is 4.41. The lowest BCUT2D eigenvalue weighted by molar-refractivity contribution is -0.145. The van der Waals surface area contributed by atoms with Crippen molar-refractivity contribution >= 4 is 13.7 Å². The lowest BCUT2D eigenvalue weighted by Gasteiger charge is -2.22. The van der Waals surface area contributed by atoms with Gasteiger partial charge in [-0.15, -0.1) is 0 Å². The number of hydrogen-bond donors (Lipinski definition) is 1. The second kappa shape index (κ2) is 14.6. The lowest BCUT2D eigenvalue weighted by atomic mass is 10.1. The molecule has 0 aliphatic carbocycles. The molecule has 0 spiro atoms. The molecular weight excluding hydrogens is 565 g/mol. The minimum atomic E-state index is -4.03. The van der Waals surface area contributed by atoms with Gasteiger partial charge in [-0.1, -0.05) is 55.5 Å². The summed E-state index contributed by atoms with van der Waals surface area (Å²) in [5.41, 5.74) is -0.148. The van der Waals surface area contributed by atoms with Crippen LogP contribution in [0.4, 0.5) is 0 Å². The first-order valence-electron chi connectivity index (χ1n) is 13.7. The molecule has 0 amide bonds. The van der Waals surface area contributed by atoms with Gasteiger partial charge in [0.2, 0.25) is 0 Å². The van der Waals surface area contributed by atoms with Crippen molar-refractivity contribution in [2.75, 3.05) is 13.2 Å². The van der Waals surface area contributed by atoms with Crippen molar-refractivity contribution in [1.29, 1.82) is 0 Å². The molecule has 0 radical (unpaired) electrons. The molecule has 4 rings (SSSR count). The van der Waals surface area contributed by atoms with Gasteiger partial charge in [0.1, 0.15) is 25.3 Å². The fraction of sp³-hybridized carbons (Fsp3) is 0.414. The minimum Gasteiger partial charge on any atom is -0.462 e. The number of benzene rings is 2. The molecule has 3 aromatic rings. The summed E-state index contributed by atoms with van der Waals surface area (Å²) in [4.78, 5) is 37.8. The van der Waals surface area contributed by atoms with Gasteiger partial charge in [-0.3, -0.25) is 18.7 Å². The SMILES string of the molecule is CC(C)OC(=O)CNP(=O)(OC[C@@H]1C[C@H](C)[C@H](n2ccc(=O)n(COCc3ccccc3)c2=O)O1)Oc1ccccc1. The van der Waals surface area contributed by atoms with Gasteiger partial charge < -0.3 is 18.7 Å². The molecule has 1 unspecified atom stereocenters. The third-order valence-electron chi connectivity index (χ3n) is 6.34. The summed E-state index contributed by atoms with van der Waals surface area (Å²) < 4.78 is 44.1. The molecule has 12 nitrogen and oxygen atoms in total. The Morgan fingerprint density at radius 3 is 2.45 bits per heavy atom. The van der Waals surface area contributed by atoms with Crippen molar-refractivity contribution in [2.24, 2.45) is 5.92 Å². The maximum Gasteiger partial charge on any atom is 0.459 e. The molecule has 1 N–H and O–H groups in total. The van der Waals surface area contributed by atoms with Crippen LogP contribution in [0.3, 0.4) is 0 Å².